The van der Waals surface area contributed by atoms with Crippen LogP contribution >= 0.6 is 11.3 Å². The van der Waals surface area contributed by atoms with Crippen LogP contribution in [0.25, 0.3) is 0 Å². The molecule has 0 fully saturated rings. The number of hydrogen-bond donors (Lipinski definition) is 1. The summed E-state index contributed by atoms with van der Waals surface area (Å²) in [6.45, 7) is 3.15. The average molecular weight is 354 g/mol. The first kappa shape index (κ1) is 17.2. The Morgan fingerprint density at radius 3 is 2.65 bits per heavy atom. The van der Waals surface area contributed by atoms with Gasteiger partial charge >= 0.3 is 0 Å². The fourth-order valence-corrected chi connectivity index (χ4v) is 4.38. The predicted molar refractivity (Wildman–Crippen MR) is 88.5 cm³/mol. The highest BCUT2D eigenvalue weighted by Crippen LogP contribution is 2.28. The highest BCUT2D eigenvalue weighted by Gasteiger charge is 2.29. The standard InChI is InChI=1S/C15H15FN2O3S2/c1-2-9-17-14(19)11-18(13-7-4-3-6-12(13)16)23(20,21)15-8-5-10-22-15/h2-8,10H,1,9,11H2,(H,17,19). The van der Waals surface area contributed by atoms with E-state index in [1.165, 1.54) is 30.3 Å². The molecule has 2 rings (SSSR count). The van der Waals surface area contributed by atoms with Crippen molar-refractivity contribution in [1.29, 1.82) is 0 Å². The van der Waals surface area contributed by atoms with Crippen LogP contribution in [0.15, 0.2) is 58.6 Å². The summed E-state index contributed by atoms with van der Waals surface area (Å²) in [6, 6.07) is 8.42. The predicted octanol–water partition coefficient (Wildman–Crippen LogP) is 2.38. The second-order valence-electron chi connectivity index (χ2n) is 4.49. The third kappa shape index (κ3) is 3.96. The summed E-state index contributed by atoms with van der Waals surface area (Å²) in [5, 5.41) is 4.09. The smallest absolute Gasteiger partial charge is 0.274 e. The van der Waals surface area contributed by atoms with E-state index >= 15 is 0 Å². The molecular weight excluding hydrogens is 339 g/mol. The van der Waals surface area contributed by atoms with Gasteiger partial charge in [-0.15, -0.1) is 17.9 Å². The van der Waals surface area contributed by atoms with Crippen molar-refractivity contribution in [3.63, 3.8) is 0 Å². The lowest BCUT2D eigenvalue weighted by Crippen LogP contribution is -2.41. The number of carbonyl (C=O) groups excluding carboxylic acids is 1. The Labute approximate surface area is 138 Å². The molecule has 0 saturated heterocycles. The van der Waals surface area contributed by atoms with E-state index in [9.17, 15) is 17.6 Å². The SMILES string of the molecule is C=CCNC(=O)CN(c1ccccc1F)S(=O)(=O)c1cccs1. The van der Waals surface area contributed by atoms with Crippen molar-refractivity contribution in [2.45, 2.75) is 4.21 Å². The fourth-order valence-electron chi connectivity index (χ4n) is 1.84. The molecule has 0 atom stereocenters. The quantitative estimate of drug-likeness (QED) is 0.777. The number of nitrogens with zero attached hydrogens (tertiary/aromatic N) is 1. The zero-order valence-electron chi connectivity index (χ0n) is 12.1. The summed E-state index contributed by atoms with van der Waals surface area (Å²) in [7, 11) is -4.03. The Hall–Kier alpha value is -2.19. The molecule has 5 nitrogen and oxygen atoms in total. The van der Waals surface area contributed by atoms with Crippen molar-refractivity contribution in [2.75, 3.05) is 17.4 Å². The van der Waals surface area contributed by atoms with Crippen molar-refractivity contribution in [2.24, 2.45) is 0 Å². The van der Waals surface area contributed by atoms with Gasteiger partial charge in [0.25, 0.3) is 10.0 Å². The van der Waals surface area contributed by atoms with Gasteiger partial charge in [0.2, 0.25) is 5.91 Å². The highest BCUT2D eigenvalue weighted by atomic mass is 32.2. The van der Waals surface area contributed by atoms with Crippen LogP contribution in [0.3, 0.4) is 0 Å². The summed E-state index contributed by atoms with van der Waals surface area (Å²) in [5.74, 6) is -1.27. The summed E-state index contributed by atoms with van der Waals surface area (Å²) >= 11 is 1.00. The maximum atomic E-state index is 14.1. The van der Waals surface area contributed by atoms with Crippen molar-refractivity contribution < 1.29 is 17.6 Å². The summed E-state index contributed by atoms with van der Waals surface area (Å²) in [5.41, 5.74) is -0.172. The van der Waals surface area contributed by atoms with Crippen LogP contribution in [0.4, 0.5) is 10.1 Å². The van der Waals surface area contributed by atoms with Gasteiger partial charge in [0.05, 0.1) is 5.69 Å². The first-order valence-electron chi connectivity index (χ1n) is 6.65. The number of rotatable bonds is 7. The Bertz CT molecular complexity index is 789. The molecule has 0 aliphatic carbocycles. The van der Waals surface area contributed by atoms with Gasteiger partial charge in [0.15, 0.2) is 0 Å². The van der Waals surface area contributed by atoms with Crippen LogP contribution in [0, 0.1) is 5.82 Å². The van der Waals surface area contributed by atoms with E-state index in [1.807, 2.05) is 0 Å². The molecular formula is C15H15FN2O3S2. The van der Waals surface area contributed by atoms with Crippen LogP contribution in [0.1, 0.15) is 0 Å². The first-order valence-corrected chi connectivity index (χ1v) is 8.97. The number of hydrogen-bond acceptors (Lipinski definition) is 4. The minimum atomic E-state index is -4.03. The molecule has 0 bridgehead atoms. The van der Waals surface area contributed by atoms with Crippen LogP contribution in [0.2, 0.25) is 0 Å². The van der Waals surface area contributed by atoms with Crippen LogP contribution in [0.5, 0.6) is 0 Å². The van der Waals surface area contributed by atoms with Gasteiger partial charge in [-0.05, 0) is 23.6 Å². The minimum absolute atomic E-state index is 0.0391. The highest BCUT2D eigenvalue weighted by molar-refractivity contribution is 7.94. The molecule has 2 aromatic rings. The van der Waals surface area contributed by atoms with Gasteiger partial charge in [-0.1, -0.05) is 24.3 Å². The molecule has 8 heteroatoms. The fraction of sp³-hybridized carbons (Fsp3) is 0.133. The maximum absolute atomic E-state index is 14.1. The van der Waals surface area contributed by atoms with Gasteiger partial charge < -0.3 is 5.32 Å². The van der Waals surface area contributed by atoms with Gasteiger partial charge in [-0.3, -0.25) is 9.10 Å². The summed E-state index contributed by atoms with van der Waals surface area (Å²) in [4.78, 5) is 11.9. The number of halogens is 1. The second kappa shape index (κ2) is 7.38. The van der Waals surface area contributed by atoms with E-state index in [0.717, 1.165) is 21.7 Å². The molecule has 122 valence electrons. The van der Waals surface area contributed by atoms with E-state index in [-0.39, 0.29) is 16.4 Å². The third-order valence-electron chi connectivity index (χ3n) is 2.89. The molecule has 0 aliphatic heterocycles. The first-order chi connectivity index (χ1) is 11.0. The zero-order valence-corrected chi connectivity index (χ0v) is 13.7. The number of carbonyl (C=O) groups is 1. The molecule has 1 heterocycles. The molecule has 1 N–H and O–H groups in total. The third-order valence-corrected chi connectivity index (χ3v) is 6.02. The van der Waals surface area contributed by atoms with Crippen molar-refractivity contribution >= 4 is 33.0 Å². The van der Waals surface area contributed by atoms with E-state index < -0.39 is 28.3 Å². The van der Waals surface area contributed by atoms with Crippen LogP contribution in [-0.2, 0) is 14.8 Å². The minimum Gasteiger partial charge on any atom is -0.351 e. The molecule has 0 aliphatic rings. The van der Waals surface area contributed by atoms with Gasteiger partial charge in [-0.2, -0.15) is 0 Å². The van der Waals surface area contributed by atoms with Gasteiger partial charge in [-0.25, -0.2) is 12.8 Å². The number of anilines is 1. The second-order valence-corrected chi connectivity index (χ2v) is 7.52. The lowest BCUT2D eigenvalue weighted by molar-refractivity contribution is -0.119. The molecule has 0 unspecified atom stereocenters. The van der Waals surface area contributed by atoms with Gasteiger partial charge in [0.1, 0.15) is 16.6 Å². The van der Waals surface area contributed by atoms with E-state index in [0.29, 0.717) is 0 Å². The van der Waals surface area contributed by atoms with Crippen molar-refractivity contribution in [3.8, 4) is 0 Å². The van der Waals surface area contributed by atoms with E-state index in [4.69, 9.17) is 0 Å². The Morgan fingerprint density at radius 1 is 1.30 bits per heavy atom. The monoisotopic (exact) mass is 354 g/mol. The van der Waals surface area contributed by atoms with Gasteiger partial charge in [0, 0.05) is 6.54 Å². The topological polar surface area (TPSA) is 66.5 Å². The Kier molecular flexibility index (Phi) is 5.51. The summed E-state index contributed by atoms with van der Waals surface area (Å²) < 4.78 is 40.3. The molecule has 0 spiro atoms. The van der Waals surface area contributed by atoms with Crippen LogP contribution < -0.4 is 9.62 Å². The zero-order chi connectivity index (χ0) is 16.9. The Balaban J connectivity index is 2.42. The Morgan fingerprint density at radius 2 is 2.04 bits per heavy atom. The number of amides is 1. The van der Waals surface area contributed by atoms with Crippen LogP contribution in [-0.4, -0.2) is 27.4 Å². The van der Waals surface area contributed by atoms with E-state index in [1.54, 1.807) is 11.4 Å². The molecule has 0 saturated carbocycles. The lowest BCUT2D eigenvalue weighted by Gasteiger charge is -2.23. The molecule has 1 aromatic carbocycles. The number of sulfonamides is 1. The number of nitrogens with one attached hydrogen (secondary N) is 1. The molecule has 23 heavy (non-hydrogen) atoms. The average Bonchev–Trinajstić information content (AvgIpc) is 3.06. The number of para-hydroxylation sites is 1. The molecule has 1 aromatic heterocycles. The number of thiophene rings is 1. The normalized spacial score (nSPS) is 11.0. The molecule has 0 radical (unpaired) electrons. The van der Waals surface area contributed by atoms with Crippen molar-refractivity contribution in [3.05, 3.63) is 60.3 Å². The molecule has 1 amide bonds. The maximum Gasteiger partial charge on any atom is 0.274 e. The number of benzene rings is 1. The lowest BCUT2D eigenvalue weighted by atomic mass is 10.3. The van der Waals surface area contributed by atoms with Crippen molar-refractivity contribution in [1.82, 2.24) is 5.32 Å². The summed E-state index contributed by atoms with van der Waals surface area (Å²) in [6.07, 6.45) is 1.47. The van der Waals surface area contributed by atoms with E-state index in [2.05, 4.69) is 11.9 Å². The largest absolute Gasteiger partial charge is 0.351 e.